The van der Waals surface area contributed by atoms with Gasteiger partial charge in [-0.2, -0.15) is 0 Å². The van der Waals surface area contributed by atoms with Crippen molar-refractivity contribution >= 4 is 33.2 Å². The predicted octanol–water partition coefficient (Wildman–Crippen LogP) is 4.73. The van der Waals surface area contributed by atoms with Crippen molar-refractivity contribution in [3.05, 3.63) is 82.8 Å². The fourth-order valence-corrected chi connectivity index (χ4v) is 4.98. The summed E-state index contributed by atoms with van der Waals surface area (Å²) in [6.45, 7) is 9.52. The second-order valence-corrected chi connectivity index (χ2v) is 9.20. The summed E-state index contributed by atoms with van der Waals surface area (Å²) in [7, 11) is -3.88. The number of allylic oxidation sites excluding steroid dienone is 1. The van der Waals surface area contributed by atoms with Crippen LogP contribution in [-0.4, -0.2) is 23.9 Å². The van der Waals surface area contributed by atoms with Crippen LogP contribution in [0.3, 0.4) is 0 Å². The summed E-state index contributed by atoms with van der Waals surface area (Å²) in [5, 5.41) is 3.02. The highest BCUT2D eigenvalue weighted by atomic mass is 35.5. The van der Waals surface area contributed by atoms with Gasteiger partial charge in [-0.15, -0.1) is 6.58 Å². The minimum Gasteiger partial charge on any atom is -0.327 e. The predicted molar refractivity (Wildman–Crippen MR) is 118 cm³/mol. The van der Waals surface area contributed by atoms with Crippen LogP contribution in [0.5, 0.6) is 0 Å². The van der Waals surface area contributed by atoms with Crippen LogP contribution in [0.1, 0.15) is 27.2 Å². The Labute approximate surface area is 181 Å². The van der Waals surface area contributed by atoms with E-state index in [9.17, 15) is 13.2 Å². The molecule has 0 aliphatic rings. The molecule has 30 heavy (non-hydrogen) atoms. The Morgan fingerprint density at radius 3 is 2.40 bits per heavy atom. The number of aromatic nitrogens is 2. The maximum absolute atomic E-state index is 13.5. The highest BCUT2D eigenvalue weighted by molar-refractivity contribution is 7.91. The van der Waals surface area contributed by atoms with Crippen LogP contribution < -0.4 is 5.32 Å². The molecule has 2 heterocycles. The monoisotopic (exact) mass is 443 g/mol. The number of pyridine rings is 1. The zero-order chi connectivity index (χ0) is 22.1. The van der Waals surface area contributed by atoms with Crippen LogP contribution in [0.25, 0.3) is 0 Å². The molecule has 6 nitrogen and oxygen atoms in total. The number of amides is 1. The molecule has 1 N–H and O–H groups in total. The standard InChI is InChI=1S/C22H22ClN3O3S/c1-5-12-26-16(4)15(3)20(30(28,29)18-9-6-14(2)7-10-18)21(26)25-22(27)17-8-11-19(23)24-13-17/h5-11,13H,1,12H2,2-4H3,(H,25,27). The fraction of sp³-hybridized carbons (Fsp3) is 0.182. The van der Waals surface area contributed by atoms with Crippen molar-refractivity contribution < 1.29 is 13.2 Å². The van der Waals surface area contributed by atoms with E-state index in [1.165, 1.54) is 18.3 Å². The molecule has 2 aromatic heterocycles. The molecule has 0 fully saturated rings. The van der Waals surface area contributed by atoms with Gasteiger partial charge < -0.3 is 9.88 Å². The number of halogens is 1. The number of nitrogens with zero attached hydrogens (tertiary/aromatic N) is 2. The molecule has 0 aliphatic heterocycles. The smallest absolute Gasteiger partial charge is 0.258 e. The molecule has 0 saturated carbocycles. The van der Waals surface area contributed by atoms with E-state index in [4.69, 9.17) is 11.6 Å². The van der Waals surface area contributed by atoms with Crippen LogP contribution in [0.2, 0.25) is 5.15 Å². The zero-order valence-corrected chi connectivity index (χ0v) is 18.5. The van der Waals surface area contributed by atoms with E-state index in [1.807, 2.05) is 13.8 Å². The molecule has 1 aromatic carbocycles. The first kappa shape index (κ1) is 21.8. The number of hydrogen-bond acceptors (Lipinski definition) is 4. The molecule has 156 valence electrons. The van der Waals surface area contributed by atoms with Crippen molar-refractivity contribution in [3.8, 4) is 0 Å². The van der Waals surface area contributed by atoms with Crippen LogP contribution >= 0.6 is 11.6 Å². The van der Waals surface area contributed by atoms with Crippen molar-refractivity contribution in [2.75, 3.05) is 5.32 Å². The number of carbonyl (C=O) groups is 1. The molecule has 0 spiro atoms. The Kier molecular flexibility index (Phi) is 6.14. The quantitative estimate of drug-likeness (QED) is 0.441. The van der Waals surface area contributed by atoms with Gasteiger partial charge in [0.2, 0.25) is 9.84 Å². The summed E-state index contributed by atoms with van der Waals surface area (Å²) < 4.78 is 28.7. The molecule has 0 atom stereocenters. The van der Waals surface area contributed by atoms with Crippen molar-refractivity contribution in [1.29, 1.82) is 0 Å². The van der Waals surface area contributed by atoms with Crippen LogP contribution in [0.15, 0.2) is 65.0 Å². The number of rotatable bonds is 6. The number of anilines is 1. The van der Waals surface area contributed by atoms with E-state index in [-0.39, 0.29) is 26.3 Å². The van der Waals surface area contributed by atoms with Gasteiger partial charge in [-0.1, -0.05) is 35.4 Å². The lowest BCUT2D eigenvalue weighted by Gasteiger charge is -2.13. The van der Waals surface area contributed by atoms with Gasteiger partial charge in [-0.05, 0) is 50.6 Å². The Morgan fingerprint density at radius 2 is 1.83 bits per heavy atom. The van der Waals surface area contributed by atoms with Crippen molar-refractivity contribution in [2.45, 2.75) is 37.1 Å². The average molecular weight is 444 g/mol. The molecule has 1 amide bonds. The fourth-order valence-electron chi connectivity index (χ4n) is 3.17. The molecule has 0 aliphatic carbocycles. The maximum atomic E-state index is 13.5. The first-order chi connectivity index (χ1) is 14.2. The highest BCUT2D eigenvalue weighted by Gasteiger charge is 2.30. The van der Waals surface area contributed by atoms with Crippen LogP contribution in [0.4, 0.5) is 5.82 Å². The highest BCUT2D eigenvalue weighted by Crippen LogP contribution is 2.35. The summed E-state index contributed by atoms with van der Waals surface area (Å²) in [6, 6.07) is 9.65. The van der Waals surface area contributed by atoms with Gasteiger partial charge in [0.05, 0.1) is 10.5 Å². The van der Waals surface area contributed by atoms with Crippen LogP contribution in [0, 0.1) is 20.8 Å². The first-order valence-electron chi connectivity index (χ1n) is 9.22. The third kappa shape index (κ3) is 4.04. The number of carbonyl (C=O) groups excluding carboxylic acids is 1. The molecule has 3 rings (SSSR count). The SMILES string of the molecule is C=CCn1c(C)c(C)c(S(=O)(=O)c2ccc(C)cc2)c1NC(=O)c1ccc(Cl)nc1. The van der Waals surface area contributed by atoms with E-state index in [1.54, 1.807) is 41.8 Å². The zero-order valence-electron chi connectivity index (χ0n) is 16.9. The van der Waals surface area contributed by atoms with Crippen molar-refractivity contribution in [2.24, 2.45) is 0 Å². The largest absolute Gasteiger partial charge is 0.327 e. The van der Waals surface area contributed by atoms with Gasteiger partial charge in [-0.25, -0.2) is 13.4 Å². The second-order valence-electron chi connectivity index (χ2n) is 6.93. The van der Waals surface area contributed by atoms with Gasteiger partial charge in [0, 0.05) is 18.4 Å². The van der Waals surface area contributed by atoms with Crippen molar-refractivity contribution in [1.82, 2.24) is 9.55 Å². The van der Waals surface area contributed by atoms with E-state index < -0.39 is 15.7 Å². The summed E-state index contributed by atoms with van der Waals surface area (Å²) in [4.78, 5) is 17.0. The number of nitrogens with one attached hydrogen (secondary N) is 1. The van der Waals surface area contributed by atoms with Gasteiger partial charge in [0.15, 0.2) is 0 Å². The summed E-state index contributed by atoms with van der Waals surface area (Å²) >= 11 is 5.79. The third-order valence-electron chi connectivity index (χ3n) is 4.91. The Balaban J connectivity index is 2.17. The summed E-state index contributed by atoms with van der Waals surface area (Å²) in [5.74, 6) is -0.284. The van der Waals surface area contributed by atoms with Crippen molar-refractivity contribution in [3.63, 3.8) is 0 Å². The molecule has 3 aromatic rings. The Bertz CT molecular complexity index is 1210. The van der Waals surface area contributed by atoms with E-state index in [0.717, 1.165) is 11.3 Å². The molecular weight excluding hydrogens is 422 g/mol. The molecule has 0 saturated heterocycles. The van der Waals surface area contributed by atoms with E-state index in [0.29, 0.717) is 12.1 Å². The number of sulfone groups is 1. The topological polar surface area (TPSA) is 81.1 Å². The number of hydrogen-bond donors (Lipinski definition) is 1. The Hall–Kier alpha value is -2.90. The first-order valence-corrected chi connectivity index (χ1v) is 11.1. The second kappa shape index (κ2) is 8.45. The molecule has 0 unspecified atom stereocenters. The molecule has 8 heteroatoms. The molecule has 0 bridgehead atoms. The summed E-state index contributed by atoms with van der Waals surface area (Å²) in [6.07, 6.45) is 2.99. The van der Waals surface area contributed by atoms with Gasteiger partial charge in [0.1, 0.15) is 15.9 Å². The normalized spacial score (nSPS) is 11.3. The Morgan fingerprint density at radius 1 is 1.17 bits per heavy atom. The van der Waals surface area contributed by atoms with Gasteiger partial charge in [0.25, 0.3) is 5.91 Å². The molecule has 0 radical (unpaired) electrons. The summed E-state index contributed by atoms with van der Waals surface area (Å²) in [5.41, 5.74) is 2.52. The number of aryl methyl sites for hydroxylation is 1. The van der Waals surface area contributed by atoms with E-state index >= 15 is 0 Å². The minimum atomic E-state index is -3.88. The average Bonchev–Trinajstić information content (AvgIpc) is 2.94. The van der Waals surface area contributed by atoms with Gasteiger partial charge in [-0.3, -0.25) is 4.79 Å². The molecular formula is C22H22ClN3O3S. The van der Waals surface area contributed by atoms with Crippen LogP contribution in [-0.2, 0) is 16.4 Å². The lowest BCUT2D eigenvalue weighted by molar-refractivity contribution is 0.102. The maximum Gasteiger partial charge on any atom is 0.258 e. The van der Waals surface area contributed by atoms with Gasteiger partial charge >= 0.3 is 0 Å². The lowest BCUT2D eigenvalue weighted by Crippen LogP contribution is -2.18. The number of benzene rings is 1. The third-order valence-corrected chi connectivity index (χ3v) is 7.06. The lowest BCUT2D eigenvalue weighted by atomic mass is 10.2. The van der Waals surface area contributed by atoms with E-state index in [2.05, 4.69) is 16.9 Å². The minimum absolute atomic E-state index is 0.0703.